The van der Waals surface area contributed by atoms with E-state index in [0.717, 1.165) is 28.1 Å². The maximum atomic E-state index is 12.1. The molecule has 0 aliphatic carbocycles. The van der Waals surface area contributed by atoms with E-state index in [9.17, 15) is 4.79 Å². The normalized spacial score (nSPS) is 10.5. The molecule has 5 nitrogen and oxygen atoms in total. The number of hydrogen-bond acceptors (Lipinski definition) is 5. The first-order valence-electron chi connectivity index (χ1n) is 7.82. The van der Waals surface area contributed by atoms with Crippen molar-refractivity contribution < 1.29 is 9.53 Å². The molecule has 3 aromatic rings. The highest BCUT2D eigenvalue weighted by Crippen LogP contribution is 2.26. The van der Waals surface area contributed by atoms with E-state index in [4.69, 9.17) is 10.5 Å². The van der Waals surface area contributed by atoms with Gasteiger partial charge in [0.05, 0.1) is 5.69 Å². The summed E-state index contributed by atoms with van der Waals surface area (Å²) in [6.45, 7) is 3.89. The van der Waals surface area contributed by atoms with Gasteiger partial charge in [-0.25, -0.2) is 4.98 Å². The molecule has 3 rings (SSSR count). The van der Waals surface area contributed by atoms with Gasteiger partial charge in [0, 0.05) is 16.6 Å². The van der Waals surface area contributed by atoms with Gasteiger partial charge in [0.25, 0.3) is 5.91 Å². The van der Waals surface area contributed by atoms with Crippen molar-refractivity contribution >= 4 is 28.1 Å². The van der Waals surface area contributed by atoms with Gasteiger partial charge in [0.15, 0.2) is 11.7 Å². The van der Waals surface area contributed by atoms with Crippen LogP contribution in [-0.2, 0) is 4.79 Å². The van der Waals surface area contributed by atoms with Crippen LogP contribution in [0, 0.1) is 13.8 Å². The molecule has 25 heavy (non-hydrogen) atoms. The van der Waals surface area contributed by atoms with Crippen molar-refractivity contribution in [2.24, 2.45) is 0 Å². The van der Waals surface area contributed by atoms with E-state index in [2.05, 4.69) is 10.3 Å². The molecule has 2 aromatic carbocycles. The highest BCUT2D eigenvalue weighted by Gasteiger charge is 2.08. The van der Waals surface area contributed by atoms with E-state index < -0.39 is 0 Å². The van der Waals surface area contributed by atoms with E-state index in [-0.39, 0.29) is 12.5 Å². The van der Waals surface area contributed by atoms with Crippen LogP contribution in [0.3, 0.4) is 0 Å². The van der Waals surface area contributed by atoms with Gasteiger partial charge in [-0.1, -0.05) is 24.3 Å². The third kappa shape index (κ3) is 4.36. The van der Waals surface area contributed by atoms with Crippen molar-refractivity contribution in [3.05, 3.63) is 59.0 Å². The Morgan fingerprint density at radius 1 is 1.24 bits per heavy atom. The third-order valence-electron chi connectivity index (χ3n) is 3.69. The number of nitrogens with zero attached hydrogens (tertiary/aromatic N) is 1. The zero-order chi connectivity index (χ0) is 17.8. The molecule has 0 fully saturated rings. The zero-order valence-corrected chi connectivity index (χ0v) is 14.9. The number of aryl methyl sites for hydroxylation is 2. The largest absolute Gasteiger partial charge is 0.484 e. The lowest BCUT2D eigenvalue weighted by Gasteiger charge is -2.11. The van der Waals surface area contributed by atoms with Crippen LogP contribution in [-0.4, -0.2) is 17.5 Å². The smallest absolute Gasteiger partial charge is 0.262 e. The summed E-state index contributed by atoms with van der Waals surface area (Å²) < 4.78 is 5.61. The number of hydrogen-bond donors (Lipinski definition) is 2. The molecule has 1 heterocycles. The highest BCUT2D eigenvalue weighted by molar-refractivity contribution is 7.13. The maximum Gasteiger partial charge on any atom is 0.262 e. The second-order valence-corrected chi connectivity index (χ2v) is 6.64. The zero-order valence-electron chi connectivity index (χ0n) is 14.1. The molecule has 0 aliphatic rings. The fourth-order valence-electron chi connectivity index (χ4n) is 2.37. The van der Waals surface area contributed by atoms with Crippen LogP contribution in [0.4, 0.5) is 10.8 Å². The quantitative estimate of drug-likeness (QED) is 0.726. The molecule has 1 aromatic heterocycles. The standard InChI is InChI=1S/C19H19N3O2S/c1-12-6-7-13(2)16(8-12)21-18(23)10-24-15-5-3-4-14(9-15)17-11-25-19(20)22-17/h3-9,11H,10H2,1-2H3,(H2,20,22)(H,21,23). The molecular formula is C19H19N3O2S. The average Bonchev–Trinajstić information content (AvgIpc) is 3.03. The fourth-order valence-corrected chi connectivity index (χ4v) is 2.94. The van der Waals surface area contributed by atoms with Gasteiger partial charge in [-0.15, -0.1) is 11.3 Å². The number of amides is 1. The van der Waals surface area contributed by atoms with E-state index in [1.165, 1.54) is 11.3 Å². The molecule has 0 radical (unpaired) electrons. The van der Waals surface area contributed by atoms with Gasteiger partial charge in [-0.3, -0.25) is 4.79 Å². The molecule has 0 aliphatic heterocycles. The number of thiazole rings is 1. The Labute approximate surface area is 150 Å². The van der Waals surface area contributed by atoms with E-state index >= 15 is 0 Å². The Bertz CT molecular complexity index is 905. The van der Waals surface area contributed by atoms with Crippen LogP contribution in [0.15, 0.2) is 47.8 Å². The molecule has 0 bridgehead atoms. The Morgan fingerprint density at radius 2 is 2.08 bits per heavy atom. The molecular weight excluding hydrogens is 334 g/mol. The minimum absolute atomic E-state index is 0.0595. The van der Waals surface area contributed by atoms with Gasteiger partial charge < -0.3 is 15.8 Å². The first-order chi connectivity index (χ1) is 12.0. The summed E-state index contributed by atoms with van der Waals surface area (Å²) in [7, 11) is 0. The number of rotatable bonds is 5. The van der Waals surface area contributed by atoms with E-state index in [1.807, 2.05) is 61.7 Å². The first-order valence-corrected chi connectivity index (χ1v) is 8.70. The summed E-state index contributed by atoms with van der Waals surface area (Å²) in [5, 5.41) is 5.29. The lowest BCUT2D eigenvalue weighted by Crippen LogP contribution is -2.20. The van der Waals surface area contributed by atoms with Crippen molar-refractivity contribution in [2.45, 2.75) is 13.8 Å². The van der Waals surface area contributed by atoms with Gasteiger partial charge in [0.1, 0.15) is 5.75 Å². The number of benzene rings is 2. The number of carbonyl (C=O) groups is 1. The summed E-state index contributed by atoms with van der Waals surface area (Å²) in [4.78, 5) is 16.4. The van der Waals surface area contributed by atoms with E-state index in [0.29, 0.717) is 10.9 Å². The lowest BCUT2D eigenvalue weighted by atomic mass is 10.1. The fraction of sp³-hybridized carbons (Fsp3) is 0.158. The number of nitrogen functional groups attached to an aromatic ring is 1. The Hall–Kier alpha value is -2.86. The van der Waals surface area contributed by atoms with Crippen molar-refractivity contribution in [2.75, 3.05) is 17.7 Å². The number of aromatic nitrogens is 1. The van der Waals surface area contributed by atoms with Crippen molar-refractivity contribution in [3.8, 4) is 17.0 Å². The summed E-state index contributed by atoms with van der Waals surface area (Å²) in [6, 6.07) is 13.4. The highest BCUT2D eigenvalue weighted by atomic mass is 32.1. The summed E-state index contributed by atoms with van der Waals surface area (Å²) in [5.74, 6) is 0.414. The van der Waals surface area contributed by atoms with Crippen LogP contribution in [0.25, 0.3) is 11.3 Å². The maximum absolute atomic E-state index is 12.1. The lowest BCUT2D eigenvalue weighted by molar-refractivity contribution is -0.118. The number of nitrogens with one attached hydrogen (secondary N) is 1. The van der Waals surface area contributed by atoms with Crippen LogP contribution < -0.4 is 15.8 Å². The monoisotopic (exact) mass is 353 g/mol. The predicted molar refractivity (Wildman–Crippen MR) is 102 cm³/mol. The second kappa shape index (κ2) is 7.36. The molecule has 0 unspecified atom stereocenters. The van der Waals surface area contributed by atoms with Crippen molar-refractivity contribution in [1.82, 2.24) is 4.98 Å². The molecule has 1 amide bonds. The van der Waals surface area contributed by atoms with E-state index in [1.54, 1.807) is 0 Å². The van der Waals surface area contributed by atoms with Gasteiger partial charge in [-0.2, -0.15) is 0 Å². The molecule has 3 N–H and O–H groups in total. The topological polar surface area (TPSA) is 77.2 Å². The number of carbonyl (C=O) groups excluding carboxylic acids is 1. The summed E-state index contributed by atoms with van der Waals surface area (Å²) in [6.07, 6.45) is 0. The Morgan fingerprint density at radius 3 is 2.84 bits per heavy atom. The third-order valence-corrected chi connectivity index (χ3v) is 4.36. The summed E-state index contributed by atoms with van der Waals surface area (Å²) >= 11 is 1.39. The van der Waals surface area contributed by atoms with Crippen LogP contribution in [0.2, 0.25) is 0 Å². The molecule has 0 atom stereocenters. The first kappa shape index (κ1) is 17.0. The Balaban J connectivity index is 1.63. The van der Waals surface area contributed by atoms with Crippen LogP contribution in [0.5, 0.6) is 5.75 Å². The summed E-state index contributed by atoms with van der Waals surface area (Å²) in [5.41, 5.74) is 10.3. The molecule has 6 heteroatoms. The van der Waals surface area contributed by atoms with Gasteiger partial charge in [0.2, 0.25) is 0 Å². The van der Waals surface area contributed by atoms with Gasteiger partial charge >= 0.3 is 0 Å². The predicted octanol–water partition coefficient (Wildman–Crippen LogP) is 4.03. The molecule has 0 saturated heterocycles. The number of nitrogens with two attached hydrogens (primary N) is 1. The molecule has 128 valence electrons. The Kier molecular flexibility index (Phi) is 5.00. The number of anilines is 2. The number of ether oxygens (including phenoxy) is 1. The van der Waals surface area contributed by atoms with Crippen LogP contribution >= 0.6 is 11.3 Å². The van der Waals surface area contributed by atoms with Crippen molar-refractivity contribution in [1.29, 1.82) is 0 Å². The SMILES string of the molecule is Cc1ccc(C)c(NC(=O)COc2cccc(-c3csc(N)n3)c2)c1. The minimum atomic E-state index is -0.197. The second-order valence-electron chi connectivity index (χ2n) is 5.75. The molecule has 0 spiro atoms. The minimum Gasteiger partial charge on any atom is -0.484 e. The molecule has 0 saturated carbocycles. The van der Waals surface area contributed by atoms with Crippen molar-refractivity contribution in [3.63, 3.8) is 0 Å². The van der Waals surface area contributed by atoms with Crippen LogP contribution in [0.1, 0.15) is 11.1 Å². The average molecular weight is 353 g/mol. The van der Waals surface area contributed by atoms with Gasteiger partial charge in [-0.05, 0) is 43.2 Å².